The summed E-state index contributed by atoms with van der Waals surface area (Å²) in [5.74, 6) is -1.06. The third kappa shape index (κ3) is 4.42. The van der Waals surface area contributed by atoms with Crippen molar-refractivity contribution in [2.75, 3.05) is 6.61 Å². The molecule has 1 aromatic rings. The van der Waals surface area contributed by atoms with E-state index in [-0.39, 0.29) is 27.9 Å². The third-order valence-corrected chi connectivity index (χ3v) is 4.33. The van der Waals surface area contributed by atoms with Crippen molar-refractivity contribution >= 4 is 34.8 Å². The molecule has 0 saturated carbocycles. The molecule has 0 spiro atoms. The molecule has 1 aliphatic heterocycles. The third-order valence-electron chi connectivity index (χ3n) is 3.80. The second-order valence-corrected chi connectivity index (χ2v) is 6.67. The molecule has 0 radical (unpaired) electrons. The molecular formula is C16H17Cl2F3N2O3. The van der Waals surface area contributed by atoms with E-state index in [9.17, 15) is 23.1 Å². The van der Waals surface area contributed by atoms with E-state index in [1.54, 1.807) is 0 Å². The fraction of sp³-hybridized carbons (Fsp3) is 0.500. The number of amides is 1. The van der Waals surface area contributed by atoms with Gasteiger partial charge in [-0.3, -0.25) is 4.79 Å². The van der Waals surface area contributed by atoms with E-state index in [0.29, 0.717) is 11.4 Å². The average Bonchev–Trinajstić information content (AvgIpc) is 2.90. The van der Waals surface area contributed by atoms with Gasteiger partial charge in [0, 0.05) is 17.2 Å². The molecule has 1 N–H and O–H groups in total. The van der Waals surface area contributed by atoms with Gasteiger partial charge >= 0.3 is 6.18 Å². The Balaban J connectivity index is 2.15. The van der Waals surface area contributed by atoms with Gasteiger partial charge in [-0.1, -0.05) is 36.5 Å². The lowest BCUT2D eigenvalue weighted by Gasteiger charge is -2.32. The summed E-state index contributed by atoms with van der Waals surface area (Å²) in [5.41, 5.74) is -3.26. The van der Waals surface area contributed by atoms with E-state index in [0.717, 1.165) is 6.42 Å². The van der Waals surface area contributed by atoms with E-state index < -0.39 is 30.8 Å². The Morgan fingerprint density at radius 1 is 1.42 bits per heavy atom. The van der Waals surface area contributed by atoms with Gasteiger partial charge in [0.15, 0.2) is 6.61 Å². The van der Waals surface area contributed by atoms with Crippen LogP contribution in [0.25, 0.3) is 0 Å². The van der Waals surface area contributed by atoms with Crippen molar-refractivity contribution in [3.63, 3.8) is 0 Å². The van der Waals surface area contributed by atoms with Gasteiger partial charge in [-0.25, -0.2) is 0 Å². The van der Waals surface area contributed by atoms with Crippen molar-refractivity contribution in [3.05, 3.63) is 28.2 Å². The van der Waals surface area contributed by atoms with E-state index >= 15 is 0 Å². The minimum Gasteiger partial charge on any atom is -0.482 e. The first-order valence-electron chi connectivity index (χ1n) is 7.85. The molecule has 5 nitrogen and oxygen atoms in total. The first-order chi connectivity index (χ1) is 12.1. The van der Waals surface area contributed by atoms with Crippen LogP contribution in [0.2, 0.25) is 10.0 Å². The van der Waals surface area contributed by atoms with Gasteiger partial charge in [-0.2, -0.15) is 23.3 Å². The summed E-state index contributed by atoms with van der Waals surface area (Å²) >= 11 is 11.6. The lowest BCUT2D eigenvalue weighted by molar-refractivity contribution is -0.302. The normalized spacial score (nSPS) is 20.3. The topological polar surface area (TPSA) is 62.1 Å². The van der Waals surface area contributed by atoms with Crippen LogP contribution in [0.4, 0.5) is 13.2 Å². The van der Waals surface area contributed by atoms with Gasteiger partial charge in [-0.05, 0) is 31.0 Å². The highest BCUT2D eigenvalue weighted by Gasteiger charge is 2.63. The number of rotatable bonds is 6. The lowest BCUT2D eigenvalue weighted by Crippen LogP contribution is -2.57. The minimum absolute atomic E-state index is 0.0574. The van der Waals surface area contributed by atoms with Crippen LogP contribution in [-0.4, -0.2) is 40.2 Å². The van der Waals surface area contributed by atoms with Crippen LogP contribution in [0, 0.1) is 0 Å². The van der Waals surface area contributed by atoms with Crippen LogP contribution >= 0.6 is 23.2 Å². The number of nitrogens with zero attached hydrogens (tertiary/aromatic N) is 2. The van der Waals surface area contributed by atoms with Crippen LogP contribution in [0.1, 0.15) is 32.6 Å². The molecule has 0 aliphatic carbocycles. The summed E-state index contributed by atoms with van der Waals surface area (Å²) in [4.78, 5) is 12.2. The van der Waals surface area contributed by atoms with Gasteiger partial charge < -0.3 is 9.84 Å². The summed E-state index contributed by atoms with van der Waals surface area (Å²) in [6.45, 7) is 1.10. The minimum atomic E-state index is -5.06. The summed E-state index contributed by atoms with van der Waals surface area (Å²) < 4.78 is 45.1. The molecule has 2 rings (SSSR count). The van der Waals surface area contributed by atoms with Crippen LogP contribution < -0.4 is 4.74 Å². The number of alkyl halides is 3. The molecule has 1 unspecified atom stereocenters. The highest BCUT2D eigenvalue weighted by atomic mass is 35.5. The zero-order valence-electron chi connectivity index (χ0n) is 13.8. The molecule has 10 heteroatoms. The molecule has 144 valence electrons. The lowest BCUT2D eigenvalue weighted by atomic mass is 10.0. The maximum Gasteiger partial charge on any atom is 0.438 e. The van der Waals surface area contributed by atoms with Crippen LogP contribution in [0.3, 0.4) is 0 Å². The van der Waals surface area contributed by atoms with Crippen molar-refractivity contribution in [1.82, 2.24) is 5.01 Å². The summed E-state index contributed by atoms with van der Waals surface area (Å²) in [7, 11) is 0. The number of halogens is 5. The number of ether oxygens (including phenoxy) is 1. The quantitative estimate of drug-likeness (QED) is 0.752. The van der Waals surface area contributed by atoms with Gasteiger partial charge in [-0.15, -0.1) is 0 Å². The summed E-state index contributed by atoms with van der Waals surface area (Å²) in [6, 6.07) is 4.20. The number of carbonyl (C=O) groups excluding carboxylic acids is 1. The highest BCUT2D eigenvalue weighted by molar-refractivity contribution is 6.35. The Labute approximate surface area is 158 Å². The number of carbonyl (C=O) groups is 1. The monoisotopic (exact) mass is 412 g/mol. The van der Waals surface area contributed by atoms with E-state index in [1.165, 1.54) is 18.2 Å². The molecule has 1 aromatic carbocycles. The number of hydrogen-bond acceptors (Lipinski definition) is 4. The van der Waals surface area contributed by atoms with E-state index in [1.807, 2.05) is 6.92 Å². The molecule has 26 heavy (non-hydrogen) atoms. The highest BCUT2D eigenvalue weighted by Crippen LogP contribution is 2.41. The average molecular weight is 413 g/mol. The van der Waals surface area contributed by atoms with E-state index in [4.69, 9.17) is 27.9 Å². The largest absolute Gasteiger partial charge is 0.482 e. The molecule has 1 amide bonds. The molecule has 1 atom stereocenters. The second kappa shape index (κ2) is 8.02. The Morgan fingerprint density at radius 2 is 2.12 bits per heavy atom. The standard InChI is InChI=1S/C16H17Cl2F3N2O3/c1-2-3-4-11-8-15(25,16(19,20)21)23(22-11)14(24)9-26-13-6-5-10(17)7-12(13)18/h5-7,25H,2-4,8-9H2,1H3. The molecule has 1 aliphatic rings. The Hall–Kier alpha value is -1.51. The van der Waals surface area contributed by atoms with Crippen LogP contribution in [-0.2, 0) is 4.79 Å². The zero-order chi connectivity index (χ0) is 19.5. The van der Waals surface area contributed by atoms with Crippen molar-refractivity contribution in [2.24, 2.45) is 5.10 Å². The van der Waals surface area contributed by atoms with Crippen molar-refractivity contribution < 1.29 is 27.8 Å². The van der Waals surface area contributed by atoms with Gasteiger partial charge in [0.25, 0.3) is 11.6 Å². The molecule has 0 aromatic heterocycles. The first kappa shape index (κ1) is 20.8. The second-order valence-electron chi connectivity index (χ2n) is 5.83. The maximum absolute atomic E-state index is 13.3. The summed E-state index contributed by atoms with van der Waals surface area (Å²) in [5, 5.41) is 14.3. The predicted octanol–water partition coefficient (Wildman–Crippen LogP) is 4.40. The number of aliphatic hydroxyl groups is 1. The fourth-order valence-electron chi connectivity index (χ4n) is 2.41. The molecular weight excluding hydrogens is 396 g/mol. The number of unbranched alkanes of at least 4 members (excludes halogenated alkanes) is 1. The maximum atomic E-state index is 13.3. The number of benzene rings is 1. The SMILES string of the molecule is CCCCC1=NN(C(=O)COc2ccc(Cl)cc2Cl)C(O)(C(F)(F)F)C1. The van der Waals surface area contributed by atoms with Crippen LogP contribution in [0.5, 0.6) is 5.75 Å². The summed E-state index contributed by atoms with van der Waals surface area (Å²) in [6.07, 6.45) is -4.22. The zero-order valence-corrected chi connectivity index (χ0v) is 15.3. The first-order valence-corrected chi connectivity index (χ1v) is 8.60. The van der Waals surface area contributed by atoms with E-state index in [2.05, 4.69) is 5.10 Å². The smallest absolute Gasteiger partial charge is 0.438 e. The van der Waals surface area contributed by atoms with Gasteiger partial charge in [0.05, 0.1) is 5.02 Å². The Bertz CT molecular complexity index is 712. The van der Waals surface area contributed by atoms with Crippen LogP contribution in [0.15, 0.2) is 23.3 Å². The number of hydrogen-bond donors (Lipinski definition) is 1. The molecule has 0 fully saturated rings. The van der Waals surface area contributed by atoms with Crippen molar-refractivity contribution in [1.29, 1.82) is 0 Å². The van der Waals surface area contributed by atoms with Crippen molar-refractivity contribution in [2.45, 2.75) is 44.5 Å². The molecule has 0 bridgehead atoms. The van der Waals surface area contributed by atoms with Gasteiger partial charge in [0.1, 0.15) is 5.75 Å². The molecule has 0 saturated heterocycles. The number of hydrazone groups is 1. The predicted molar refractivity (Wildman–Crippen MR) is 91.4 cm³/mol. The Morgan fingerprint density at radius 3 is 2.69 bits per heavy atom. The van der Waals surface area contributed by atoms with Crippen molar-refractivity contribution in [3.8, 4) is 5.75 Å². The van der Waals surface area contributed by atoms with Gasteiger partial charge in [0.2, 0.25) is 0 Å². The molecule has 1 heterocycles. The Kier molecular flexibility index (Phi) is 6.42. The fourth-order valence-corrected chi connectivity index (χ4v) is 2.88.